The molecule has 0 saturated heterocycles. The van der Waals surface area contributed by atoms with Gasteiger partial charge in [-0.25, -0.2) is 9.59 Å². The van der Waals surface area contributed by atoms with Crippen LogP contribution in [0, 0.1) is 0 Å². The van der Waals surface area contributed by atoms with Gasteiger partial charge in [-0.1, -0.05) is 144 Å². The first-order valence-electron chi connectivity index (χ1n) is 14.1. The van der Waals surface area contributed by atoms with Crippen molar-refractivity contribution >= 4 is 37.1 Å². The van der Waals surface area contributed by atoms with Gasteiger partial charge in [0.1, 0.15) is 0 Å². The van der Waals surface area contributed by atoms with Crippen LogP contribution < -0.4 is 0 Å². The fraction of sp³-hybridized carbons (Fsp3) is 0.526. The number of carbonyl (C=O) groups is 2. The van der Waals surface area contributed by atoms with E-state index >= 15 is 0 Å². The first-order valence-corrected chi connectivity index (χ1v) is 23.2. The topological polar surface area (TPSA) is 71.1 Å². The molecule has 2 rings (SSSR count). The molecule has 0 atom stereocenters. The third kappa shape index (κ3) is 53.2. The van der Waals surface area contributed by atoms with Crippen LogP contribution >= 0.6 is 0 Å². The van der Waals surface area contributed by atoms with Crippen LogP contribution in [0.5, 0.6) is 0 Å². The summed E-state index contributed by atoms with van der Waals surface area (Å²) in [6.45, 7) is 28.7. The quantitative estimate of drug-likeness (QED) is 0.138. The van der Waals surface area contributed by atoms with Gasteiger partial charge in [-0.15, -0.1) is 0 Å². The third-order valence-corrected chi connectivity index (χ3v) is 16.7. The molecule has 47 heavy (non-hydrogen) atoms. The zero-order valence-electron chi connectivity index (χ0n) is 27.3. The van der Waals surface area contributed by atoms with Crippen LogP contribution in [-0.4, -0.2) is 50.3 Å². The zero-order chi connectivity index (χ0) is 32.2. The number of hydrogen-bond donors (Lipinski definition) is 0. The maximum atomic E-state index is 10.1. The average Bonchev–Trinajstić information content (AvgIpc) is 2.95. The van der Waals surface area contributed by atoms with Crippen molar-refractivity contribution in [2.75, 3.05) is 13.2 Å². The summed E-state index contributed by atoms with van der Waals surface area (Å²) in [5.74, 6) is -0.718. The van der Waals surface area contributed by atoms with Gasteiger partial charge >= 0.3 is 20.5 Å². The summed E-state index contributed by atoms with van der Waals surface area (Å²) in [7, 11) is -4.83. The van der Waals surface area contributed by atoms with E-state index in [0.29, 0.717) is 13.2 Å². The van der Waals surface area contributed by atoms with Gasteiger partial charge in [-0.05, 0) is 65.2 Å². The Morgan fingerprint density at radius 1 is 0.489 bits per heavy atom. The van der Waals surface area contributed by atoms with Crippen LogP contribution in [0.25, 0.3) is 0 Å². The number of ether oxygens (including phenoxy) is 2. The van der Waals surface area contributed by atoms with E-state index in [-0.39, 0.29) is 56.5 Å². The minimum atomic E-state index is -1.89. The number of rotatable bonds is 10. The minimum absolute atomic E-state index is 0. The van der Waals surface area contributed by atoms with E-state index in [1.165, 1.54) is 12.1 Å². The maximum Gasteiger partial charge on any atom is 0.330 e. The van der Waals surface area contributed by atoms with Crippen molar-refractivity contribution in [1.82, 2.24) is 0 Å². The summed E-state index contributed by atoms with van der Waals surface area (Å²) in [5, 5.41) is 0. The van der Waals surface area contributed by atoms with Crippen molar-refractivity contribution in [3.05, 3.63) is 98.1 Å². The molecule has 6 nitrogen and oxygen atoms in total. The van der Waals surface area contributed by atoms with Crippen molar-refractivity contribution in [2.45, 2.75) is 124 Å². The van der Waals surface area contributed by atoms with Gasteiger partial charge in [0, 0.05) is 12.2 Å². The number of carbonyl (C=O) groups excluding carboxylic acids is 2. The summed E-state index contributed by atoms with van der Waals surface area (Å²) >= 11 is 0. The molecule has 280 valence electrons. The molecule has 9 heteroatoms. The lowest BCUT2D eigenvalue weighted by Crippen LogP contribution is -2.51. The van der Waals surface area contributed by atoms with Crippen LogP contribution in [0.1, 0.15) is 72.3 Å². The van der Waals surface area contributed by atoms with Crippen molar-refractivity contribution in [3.8, 4) is 0 Å². The van der Waals surface area contributed by atoms with Crippen molar-refractivity contribution in [3.63, 3.8) is 0 Å². The first kappa shape index (κ1) is 66.8. The Morgan fingerprint density at radius 3 is 0.787 bits per heavy atom. The second-order valence-electron chi connectivity index (χ2n) is 10.1. The third-order valence-electron chi connectivity index (χ3n) is 4.99. The molecule has 0 N–H and O–H groups in total. The molecule has 0 aliphatic heterocycles. The molecule has 0 saturated carbocycles. The number of hydrogen-bond acceptors (Lipinski definition) is 6. The molecule has 0 spiro atoms. The summed E-state index contributed by atoms with van der Waals surface area (Å²) < 4.78 is 21.5. The number of esters is 2. The van der Waals surface area contributed by atoms with E-state index in [1.807, 2.05) is 72.8 Å². The molecule has 0 aromatic heterocycles. The molecule has 0 bridgehead atoms. The standard InChI is InChI=1S/C10H28O2Si3.2C6H6.2C5H8O2.6CH4/c1-9-13(3,4)11-15(7,8)12-14(5,6)10-2;2*1-2-4-6-5-3-1;2*1-3-5(6)7-4-2;;;;;;/h9-10H2,1-8H3;2*1-6H;2*3H,1,4H2,2H3;6*1H4. The molecule has 0 unspecified atom stereocenters. The molecular weight excluding hydrogens is 637 g/mol. The second-order valence-corrected chi connectivity index (χ2v) is 22.9. The van der Waals surface area contributed by atoms with Crippen LogP contribution in [0.15, 0.2) is 98.1 Å². The lowest BCUT2D eigenvalue weighted by molar-refractivity contribution is -0.138. The fourth-order valence-corrected chi connectivity index (χ4v) is 15.0. The van der Waals surface area contributed by atoms with Gasteiger partial charge in [-0.2, -0.15) is 0 Å². The van der Waals surface area contributed by atoms with E-state index in [4.69, 9.17) is 8.23 Å². The SMILES string of the molecule is C.C.C.C.C.C.C=CC(=O)OCC.C=CC(=O)OCC.CC[Si](C)(C)O[Si](C)(C)O[Si](C)(C)CC.c1ccccc1.c1ccccc1. The molecule has 0 heterocycles. The van der Waals surface area contributed by atoms with E-state index < -0.39 is 25.2 Å². The predicted molar refractivity (Wildman–Crippen MR) is 223 cm³/mol. The first-order chi connectivity index (χ1) is 19.2. The molecule has 0 fully saturated rings. The molecule has 2 aromatic rings. The summed E-state index contributed by atoms with van der Waals surface area (Å²) in [4.78, 5) is 20.1. The Morgan fingerprint density at radius 2 is 0.681 bits per heavy atom. The molecule has 0 radical (unpaired) electrons. The predicted octanol–water partition coefficient (Wildman–Crippen LogP) is 12.8. The van der Waals surface area contributed by atoms with Crippen LogP contribution in [0.3, 0.4) is 0 Å². The Labute approximate surface area is 298 Å². The number of benzene rings is 2. The summed E-state index contributed by atoms with van der Waals surface area (Å²) in [6, 6.07) is 26.3. The zero-order valence-corrected chi connectivity index (χ0v) is 30.3. The highest BCUT2D eigenvalue weighted by Crippen LogP contribution is 2.23. The highest BCUT2D eigenvalue weighted by molar-refractivity contribution is 6.87. The van der Waals surface area contributed by atoms with Gasteiger partial charge in [0.05, 0.1) is 13.2 Å². The molecule has 0 aliphatic rings. The Bertz CT molecular complexity index is 779. The van der Waals surface area contributed by atoms with Crippen molar-refractivity contribution < 1.29 is 27.3 Å². The molecule has 0 aliphatic carbocycles. The second kappa shape index (κ2) is 41.5. The molecule has 2 aromatic carbocycles. The highest BCUT2D eigenvalue weighted by Gasteiger charge is 2.38. The van der Waals surface area contributed by atoms with Crippen LogP contribution in [0.2, 0.25) is 51.4 Å². The van der Waals surface area contributed by atoms with Gasteiger partial charge in [0.15, 0.2) is 16.6 Å². The fourth-order valence-electron chi connectivity index (χ4n) is 2.67. The summed E-state index contributed by atoms with van der Waals surface area (Å²) in [5.41, 5.74) is 0. The van der Waals surface area contributed by atoms with Crippen LogP contribution in [-0.2, 0) is 27.3 Å². The van der Waals surface area contributed by atoms with Gasteiger partial charge in [-0.3, -0.25) is 0 Å². The van der Waals surface area contributed by atoms with E-state index in [0.717, 1.165) is 12.2 Å². The van der Waals surface area contributed by atoms with Crippen molar-refractivity contribution in [2.24, 2.45) is 0 Å². The smallest absolute Gasteiger partial charge is 0.330 e. The Balaban J connectivity index is -0.0000000559. The largest absolute Gasteiger partial charge is 0.463 e. The maximum absolute atomic E-state index is 10.1. The van der Waals surface area contributed by atoms with Gasteiger partial charge in [0.2, 0.25) is 0 Å². The molecular formula is C38H80O6Si3. The van der Waals surface area contributed by atoms with E-state index in [9.17, 15) is 9.59 Å². The minimum Gasteiger partial charge on any atom is -0.463 e. The summed E-state index contributed by atoms with van der Waals surface area (Å²) in [6.07, 6.45) is 2.28. The van der Waals surface area contributed by atoms with E-state index in [1.54, 1.807) is 13.8 Å². The highest BCUT2D eigenvalue weighted by atomic mass is 28.5. The Kier molecular flexibility index (Phi) is 58.9. The monoisotopic (exact) mass is 717 g/mol. The average molecular weight is 717 g/mol. The molecule has 0 amide bonds. The van der Waals surface area contributed by atoms with Crippen molar-refractivity contribution in [1.29, 1.82) is 0 Å². The lowest BCUT2D eigenvalue weighted by atomic mass is 10.4. The van der Waals surface area contributed by atoms with Gasteiger partial charge < -0.3 is 17.7 Å². The van der Waals surface area contributed by atoms with E-state index in [2.05, 4.69) is 75.8 Å². The normalized spacial score (nSPS) is 8.89. The lowest BCUT2D eigenvalue weighted by Gasteiger charge is -2.38. The van der Waals surface area contributed by atoms with Crippen LogP contribution in [0.4, 0.5) is 0 Å². The Hall–Kier alpha value is -2.57. The van der Waals surface area contributed by atoms with Gasteiger partial charge in [0.25, 0.3) is 0 Å².